The predicted molar refractivity (Wildman–Crippen MR) is 82.7 cm³/mol. The van der Waals surface area contributed by atoms with Crippen molar-refractivity contribution < 1.29 is 19.2 Å². The van der Waals surface area contributed by atoms with Crippen molar-refractivity contribution in [3.05, 3.63) is 44.9 Å². The Morgan fingerprint density at radius 3 is 2.70 bits per heavy atom. The second-order valence-corrected chi connectivity index (χ2v) is 6.89. The van der Waals surface area contributed by atoms with Gasteiger partial charge < -0.3 is 4.74 Å². The van der Waals surface area contributed by atoms with Crippen molar-refractivity contribution in [2.45, 2.75) is 18.6 Å². The molecule has 118 valence electrons. The van der Waals surface area contributed by atoms with Gasteiger partial charge >= 0.3 is 0 Å². The molecule has 0 aromatic heterocycles. The molecule has 0 saturated carbocycles. The smallest absolute Gasteiger partial charge is 0.270 e. The Hall–Kier alpha value is -2.06. The molecule has 0 aliphatic carbocycles. The molecule has 0 unspecified atom stereocenters. The van der Waals surface area contributed by atoms with Crippen LogP contribution < -0.4 is 4.90 Å². The normalized spacial score (nSPS) is 34.3. The SMILES string of the molecule is C[C@@]12C=C[C@@H](O1)[C@@H]1C(=O)N(c3ccc([N+](=O)[O-])cc3Br)C(=O)[C@@H]12. The van der Waals surface area contributed by atoms with Crippen LogP contribution in [0.25, 0.3) is 0 Å². The van der Waals surface area contributed by atoms with Crippen molar-refractivity contribution >= 4 is 39.1 Å². The highest BCUT2D eigenvalue weighted by molar-refractivity contribution is 9.10. The Balaban J connectivity index is 1.76. The number of benzene rings is 1. The lowest BCUT2D eigenvalue weighted by molar-refractivity contribution is -0.384. The molecule has 2 saturated heterocycles. The van der Waals surface area contributed by atoms with Crippen molar-refractivity contribution in [3.63, 3.8) is 0 Å². The fourth-order valence-electron chi connectivity index (χ4n) is 3.68. The third-order valence-electron chi connectivity index (χ3n) is 4.71. The fourth-order valence-corrected chi connectivity index (χ4v) is 4.22. The molecule has 2 amide bonds. The van der Waals surface area contributed by atoms with Crippen LogP contribution in [0.5, 0.6) is 0 Å². The van der Waals surface area contributed by atoms with E-state index < -0.39 is 22.4 Å². The van der Waals surface area contributed by atoms with Gasteiger partial charge in [0.15, 0.2) is 0 Å². The molecule has 0 spiro atoms. The van der Waals surface area contributed by atoms with Gasteiger partial charge in [-0.05, 0) is 28.9 Å². The van der Waals surface area contributed by atoms with Gasteiger partial charge in [-0.3, -0.25) is 19.7 Å². The average Bonchev–Trinajstić information content (AvgIpc) is 3.09. The van der Waals surface area contributed by atoms with Crippen LogP contribution in [0.15, 0.2) is 34.8 Å². The van der Waals surface area contributed by atoms with E-state index in [9.17, 15) is 19.7 Å². The molecule has 8 heteroatoms. The number of halogens is 1. The number of nitrogens with zero attached hydrogens (tertiary/aromatic N) is 2. The van der Waals surface area contributed by atoms with Gasteiger partial charge in [0.05, 0.1) is 34.2 Å². The van der Waals surface area contributed by atoms with E-state index in [1.807, 2.05) is 12.2 Å². The van der Waals surface area contributed by atoms with Crippen molar-refractivity contribution in [2.75, 3.05) is 4.90 Å². The lowest BCUT2D eigenvalue weighted by atomic mass is 9.78. The second kappa shape index (κ2) is 4.48. The van der Waals surface area contributed by atoms with Crippen LogP contribution in [0.3, 0.4) is 0 Å². The highest BCUT2D eigenvalue weighted by Crippen LogP contribution is 2.52. The monoisotopic (exact) mass is 378 g/mol. The van der Waals surface area contributed by atoms with E-state index in [1.54, 1.807) is 6.92 Å². The summed E-state index contributed by atoms with van der Waals surface area (Å²) in [5.74, 6) is -1.73. The molecule has 4 atom stereocenters. The molecule has 0 N–H and O–H groups in total. The van der Waals surface area contributed by atoms with Gasteiger partial charge in [-0.25, -0.2) is 4.90 Å². The first kappa shape index (κ1) is 14.5. The van der Waals surface area contributed by atoms with Gasteiger partial charge in [0.25, 0.3) is 5.69 Å². The quantitative estimate of drug-likeness (QED) is 0.340. The number of imide groups is 1. The third kappa shape index (κ3) is 1.79. The van der Waals surface area contributed by atoms with Crippen LogP contribution in [0.1, 0.15) is 6.92 Å². The molecule has 4 rings (SSSR count). The minimum atomic E-state index is -0.760. The van der Waals surface area contributed by atoms with Gasteiger partial charge in [0.1, 0.15) is 0 Å². The molecular formula is C15H11BrN2O5. The summed E-state index contributed by atoms with van der Waals surface area (Å²) in [6.07, 6.45) is 3.27. The van der Waals surface area contributed by atoms with Crippen molar-refractivity contribution in [2.24, 2.45) is 11.8 Å². The summed E-state index contributed by atoms with van der Waals surface area (Å²) in [7, 11) is 0. The zero-order chi connectivity index (χ0) is 16.5. The summed E-state index contributed by atoms with van der Waals surface area (Å²) in [5, 5.41) is 10.8. The zero-order valence-corrected chi connectivity index (χ0v) is 13.5. The van der Waals surface area contributed by atoms with E-state index in [0.717, 1.165) is 4.90 Å². The molecule has 3 aliphatic heterocycles. The zero-order valence-electron chi connectivity index (χ0n) is 11.9. The maximum Gasteiger partial charge on any atom is 0.270 e. The van der Waals surface area contributed by atoms with Crippen molar-refractivity contribution in [3.8, 4) is 0 Å². The van der Waals surface area contributed by atoms with Crippen LogP contribution >= 0.6 is 15.9 Å². The Morgan fingerprint density at radius 2 is 2.09 bits per heavy atom. The number of hydrogen-bond acceptors (Lipinski definition) is 5. The largest absolute Gasteiger partial charge is 0.362 e. The summed E-state index contributed by atoms with van der Waals surface area (Å²) in [4.78, 5) is 36.9. The fraction of sp³-hybridized carbons (Fsp3) is 0.333. The van der Waals surface area contributed by atoms with Crippen LogP contribution in [0.4, 0.5) is 11.4 Å². The van der Waals surface area contributed by atoms with E-state index in [2.05, 4.69) is 15.9 Å². The van der Waals surface area contributed by atoms with E-state index in [-0.39, 0.29) is 23.6 Å². The molecule has 3 heterocycles. The summed E-state index contributed by atoms with van der Waals surface area (Å²) >= 11 is 3.22. The van der Waals surface area contributed by atoms with E-state index >= 15 is 0 Å². The van der Waals surface area contributed by atoms with E-state index in [1.165, 1.54) is 18.2 Å². The standard InChI is InChI=1S/C15H11BrN2O5/c1-15-5-4-10(23-15)11-12(15)14(20)17(13(11)19)9-3-2-7(18(21)22)6-8(9)16/h2-6,10-12H,1H3/t10-,11+,12-,15+/m1/s1. The van der Waals surface area contributed by atoms with Gasteiger partial charge in [0.2, 0.25) is 11.8 Å². The number of carbonyl (C=O) groups excluding carboxylic acids is 2. The number of hydrogen-bond donors (Lipinski definition) is 0. The Morgan fingerprint density at radius 1 is 1.35 bits per heavy atom. The first-order valence-electron chi connectivity index (χ1n) is 7.02. The number of anilines is 1. The first-order chi connectivity index (χ1) is 10.8. The number of ether oxygens (including phenoxy) is 1. The highest BCUT2D eigenvalue weighted by atomic mass is 79.9. The molecule has 1 aromatic carbocycles. The van der Waals surface area contributed by atoms with Gasteiger partial charge in [-0.15, -0.1) is 0 Å². The first-order valence-corrected chi connectivity index (χ1v) is 7.82. The highest BCUT2D eigenvalue weighted by Gasteiger charge is 2.66. The minimum Gasteiger partial charge on any atom is -0.362 e. The number of rotatable bonds is 2. The lowest BCUT2D eigenvalue weighted by Crippen LogP contribution is -2.38. The molecule has 0 radical (unpaired) electrons. The maximum atomic E-state index is 12.8. The number of amides is 2. The molecule has 3 aliphatic rings. The summed E-state index contributed by atoms with van der Waals surface area (Å²) in [5.41, 5.74) is -0.552. The molecule has 23 heavy (non-hydrogen) atoms. The summed E-state index contributed by atoms with van der Waals surface area (Å²) in [6, 6.07) is 3.98. The van der Waals surface area contributed by atoms with Crippen molar-refractivity contribution in [1.29, 1.82) is 0 Å². The average molecular weight is 379 g/mol. The number of non-ortho nitro benzene ring substituents is 1. The minimum absolute atomic E-state index is 0.114. The maximum absolute atomic E-state index is 12.8. The summed E-state index contributed by atoms with van der Waals surface area (Å²) in [6.45, 7) is 1.80. The third-order valence-corrected chi connectivity index (χ3v) is 5.35. The molecular weight excluding hydrogens is 368 g/mol. The number of carbonyl (C=O) groups is 2. The topological polar surface area (TPSA) is 89.8 Å². The Labute approximate surface area is 139 Å². The number of nitro benzene ring substituents is 1. The Kier molecular flexibility index (Phi) is 2.83. The van der Waals surface area contributed by atoms with Crippen molar-refractivity contribution in [1.82, 2.24) is 0 Å². The van der Waals surface area contributed by atoms with Crippen LogP contribution in [-0.4, -0.2) is 28.4 Å². The number of fused-ring (bicyclic) bond motifs is 5. The number of nitro groups is 1. The summed E-state index contributed by atoms with van der Waals surface area (Å²) < 4.78 is 6.09. The lowest BCUT2D eigenvalue weighted by Gasteiger charge is -2.24. The molecule has 2 fully saturated rings. The van der Waals surface area contributed by atoms with Gasteiger partial charge in [-0.1, -0.05) is 12.2 Å². The Bertz CT molecular complexity index is 807. The van der Waals surface area contributed by atoms with Gasteiger partial charge in [0, 0.05) is 16.6 Å². The van der Waals surface area contributed by atoms with E-state index in [0.29, 0.717) is 10.2 Å². The molecule has 2 bridgehead atoms. The van der Waals surface area contributed by atoms with E-state index in [4.69, 9.17) is 4.74 Å². The van der Waals surface area contributed by atoms with Crippen LogP contribution in [0.2, 0.25) is 0 Å². The molecule has 7 nitrogen and oxygen atoms in total. The van der Waals surface area contributed by atoms with Crippen LogP contribution in [-0.2, 0) is 14.3 Å². The molecule has 1 aromatic rings. The second-order valence-electron chi connectivity index (χ2n) is 6.03. The van der Waals surface area contributed by atoms with Crippen LogP contribution in [0, 0.1) is 22.0 Å². The van der Waals surface area contributed by atoms with Gasteiger partial charge in [-0.2, -0.15) is 0 Å². The predicted octanol–water partition coefficient (Wildman–Crippen LogP) is 2.19.